The first kappa shape index (κ1) is 10.4. The van der Waals surface area contributed by atoms with E-state index in [-0.39, 0.29) is 5.69 Å². The third-order valence-corrected chi connectivity index (χ3v) is 1.45. The van der Waals surface area contributed by atoms with Gasteiger partial charge in [-0.25, -0.2) is 8.78 Å². The average molecular weight is 197 g/mol. The maximum atomic E-state index is 12.7. The Labute approximate surface area is 80.2 Å². The van der Waals surface area contributed by atoms with E-state index < -0.39 is 17.5 Å². The largest absolute Gasteiger partial charge is 0.322 e. The fourth-order valence-electron chi connectivity index (χ4n) is 0.961. The van der Waals surface area contributed by atoms with Gasteiger partial charge in [-0.3, -0.25) is 4.79 Å². The lowest BCUT2D eigenvalue weighted by Gasteiger charge is -2.01. The molecule has 0 spiro atoms. The Balaban J connectivity index is 2.81. The standard InChI is InChI=1S/C10H9F2NO/c1-2-3-10(14)13-9-5-7(11)4-8(12)6-9/h2-6H,1H3,(H,13,14)/b3-2+. The summed E-state index contributed by atoms with van der Waals surface area (Å²) in [5.74, 6) is -1.86. The van der Waals surface area contributed by atoms with Gasteiger partial charge in [0.15, 0.2) is 0 Å². The van der Waals surface area contributed by atoms with Crippen LogP contribution in [0, 0.1) is 11.6 Å². The molecule has 74 valence electrons. The van der Waals surface area contributed by atoms with Crippen LogP contribution in [0.3, 0.4) is 0 Å². The minimum absolute atomic E-state index is 0.102. The minimum atomic E-state index is -0.722. The van der Waals surface area contributed by atoms with Crippen molar-refractivity contribution in [3.8, 4) is 0 Å². The highest BCUT2D eigenvalue weighted by atomic mass is 19.1. The molecule has 0 aliphatic heterocycles. The number of carbonyl (C=O) groups is 1. The van der Waals surface area contributed by atoms with Gasteiger partial charge in [0.25, 0.3) is 0 Å². The Bertz CT molecular complexity index is 354. The van der Waals surface area contributed by atoms with Crippen molar-refractivity contribution in [1.82, 2.24) is 0 Å². The number of benzene rings is 1. The summed E-state index contributed by atoms with van der Waals surface area (Å²) in [6.45, 7) is 1.67. The average Bonchev–Trinajstić information content (AvgIpc) is 2.01. The van der Waals surface area contributed by atoms with Gasteiger partial charge in [-0.15, -0.1) is 0 Å². The highest BCUT2D eigenvalue weighted by molar-refractivity contribution is 5.99. The number of amides is 1. The zero-order valence-electron chi connectivity index (χ0n) is 7.55. The van der Waals surface area contributed by atoms with Crippen molar-refractivity contribution < 1.29 is 13.6 Å². The summed E-state index contributed by atoms with van der Waals surface area (Å²) < 4.78 is 25.3. The smallest absolute Gasteiger partial charge is 0.248 e. The van der Waals surface area contributed by atoms with Crippen LogP contribution in [0.15, 0.2) is 30.4 Å². The van der Waals surface area contributed by atoms with Gasteiger partial charge in [0, 0.05) is 11.8 Å². The Morgan fingerprint density at radius 1 is 1.29 bits per heavy atom. The Kier molecular flexibility index (Phi) is 3.34. The number of anilines is 1. The highest BCUT2D eigenvalue weighted by Gasteiger charge is 2.02. The lowest BCUT2D eigenvalue weighted by molar-refractivity contribution is -0.111. The summed E-state index contributed by atoms with van der Waals surface area (Å²) in [4.78, 5) is 11.0. The van der Waals surface area contributed by atoms with Crippen LogP contribution < -0.4 is 5.32 Å². The molecule has 14 heavy (non-hydrogen) atoms. The molecule has 0 fully saturated rings. The SMILES string of the molecule is C/C=C/C(=O)Nc1cc(F)cc(F)c1. The van der Waals surface area contributed by atoms with Crippen LogP contribution in [0.1, 0.15) is 6.92 Å². The Morgan fingerprint density at radius 3 is 2.36 bits per heavy atom. The third-order valence-electron chi connectivity index (χ3n) is 1.45. The van der Waals surface area contributed by atoms with E-state index in [0.29, 0.717) is 0 Å². The maximum absolute atomic E-state index is 12.7. The first-order valence-electron chi connectivity index (χ1n) is 4.01. The fraction of sp³-hybridized carbons (Fsp3) is 0.100. The van der Waals surface area contributed by atoms with Gasteiger partial charge < -0.3 is 5.32 Å². The zero-order valence-corrected chi connectivity index (χ0v) is 7.55. The lowest BCUT2D eigenvalue weighted by atomic mass is 10.3. The van der Waals surface area contributed by atoms with Crippen LogP contribution in [-0.4, -0.2) is 5.91 Å². The number of hydrogen-bond acceptors (Lipinski definition) is 1. The van der Waals surface area contributed by atoms with E-state index in [1.807, 2.05) is 0 Å². The molecule has 2 nitrogen and oxygen atoms in total. The van der Waals surface area contributed by atoms with E-state index in [0.717, 1.165) is 18.2 Å². The van der Waals surface area contributed by atoms with E-state index in [1.165, 1.54) is 12.2 Å². The zero-order chi connectivity index (χ0) is 10.6. The summed E-state index contributed by atoms with van der Waals surface area (Å²) >= 11 is 0. The Hall–Kier alpha value is -1.71. The second-order valence-electron chi connectivity index (χ2n) is 2.65. The van der Waals surface area contributed by atoms with Crippen molar-refractivity contribution in [2.45, 2.75) is 6.92 Å². The number of allylic oxidation sites excluding steroid dienone is 1. The Morgan fingerprint density at radius 2 is 1.86 bits per heavy atom. The summed E-state index contributed by atoms with van der Waals surface area (Å²) in [7, 11) is 0. The minimum Gasteiger partial charge on any atom is -0.322 e. The molecule has 1 aromatic rings. The predicted octanol–water partition coefficient (Wildman–Crippen LogP) is 2.48. The molecule has 0 saturated heterocycles. The molecule has 0 heterocycles. The van der Waals surface area contributed by atoms with Gasteiger partial charge in [0.1, 0.15) is 11.6 Å². The number of hydrogen-bond donors (Lipinski definition) is 1. The first-order valence-corrected chi connectivity index (χ1v) is 4.01. The molecule has 1 amide bonds. The van der Waals surface area contributed by atoms with E-state index in [1.54, 1.807) is 6.92 Å². The van der Waals surface area contributed by atoms with Gasteiger partial charge >= 0.3 is 0 Å². The maximum Gasteiger partial charge on any atom is 0.248 e. The van der Waals surface area contributed by atoms with Gasteiger partial charge in [-0.2, -0.15) is 0 Å². The number of nitrogens with one attached hydrogen (secondary N) is 1. The summed E-state index contributed by atoms with van der Waals surface area (Å²) in [5, 5.41) is 2.32. The molecule has 0 unspecified atom stereocenters. The van der Waals surface area contributed by atoms with Crippen LogP contribution in [0.5, 0.6) is 0 Å². The molecule has 0 saturated carbocycles. The molecule has 0 aromatic heterocycles. The summed E-state index contributed by atoms with van der Waals surface area (Å²) in [6, 6.07) is 2.83. The van der Waals surface area contributed by atoms with Crippen molar-refractivity contribution in [2.24, 2.45) is 0 Å². The quantitative estimate of drug-likeness (QED) is 0.725. The second-order valence-corrected chi connectivity index (χ2v) is 2.65. The van der Waals surface area contributed by atoms with Crippen molar-refractivity contribution in [3.63, 3.8) is 0 Å². The van der Waals surface area contributed by atoms with Crippen LogP contribution in [0.25, 0.3) is 0 Å². The molecular formula is C10H9F2NO. The van der Waals surface area contributed by atoms with Crippen molar-refractivity contribution in [2.75, 3.05) is 5.32 Å². The molecule has 1 aromatic carbocycles. The lowest BCUT2D eigenvalue weighted by Crippen LogP contribution is -2.08. The van der Waals surface area contributed by atoms with E-state index in [9.17, 15) is 13.6 Å². The van der Waals surface area contributed by atoms with E-state index in [4.69, 9.17) is 0 Å². The molecule has 0 aliphatic rings. The monoisotopic (exact) mass is 197 g/mol. The van der Waals surface area contributed by atoms with Crippen LogP contribution in [0.2, 0.25) is 0 Å². The fourth-order valence-corrected chi connectivity index (χ4v) is 0.961. The van der Waals surface area contributed by atoms with Crippen LogP contribution >= 0.6 is 0 Å². The van der Waals surface area contributed by atoms with Gasteiger partial charge in [0.2, 0.25) is 5.91 Å². The molecule has 0 aliphatic carbocycles. The molecule has 0 radical (unpaired) electrons. The van der Waals surface area contributed by atoms with Crippen molar-refractivity contribution in [1.29, 1.82) is 0 Å². The number of rotatable bonds is 2. The highest BCUT2D eigenvalue weighted by Crippen LogP contribution is 2.12. The van der Waals surface area contributed by atoms with Gasteiger partial charge in [-0.05, 0) is 25.1 Å². The molecule has 0 atom stereocenters. The molecule has 0 bridgehead atoms. The van der Waals surface area contributed by atoms with Crippen molar-refractivity contribution in [3.05, 3.63) is 42.0 Å². The number of carbonyl (C=O) groups excluding carboxylic acids is 1. The molecule has 4 heteroatoms. The molecular weight excluding hydrogens is 188 g/mol. The molecule has 1 N–H and O–H groups in total. The van der Waals surface area contributed by atoms with Crippen molar-refractivity contribution >= 4 is 11.6 Å². The third kappa shape index (κ3) is 2.97. The second kappa shape index (κ2) is 4.50. The van der Waals surface area contributed by atoms with Crippen LogP contribution in [0.4, 0.5) is 14.5 Å². The van der Waals surface area contributed by atoms with E-state index in [2.05, 4.69) is 5.32 Å². The molecule has 1 rings (SSSR count). The number of halogens is 2. The predicted molar refractivity (Wildman–Crippen MR) is 49.8 cm³/mol. The van der Waals surface area contributed by atoms with E-state index >= 15 is 0 Å². The summed E-state index contributed by atoms with van der Waals surface area (Å²) in [6.07, 6.45) is 2.80. The topological polar surface area (TPSA) is 29.1 Å². The summed E-state index contributed by atoms with van der Waals surface area (Å²) in [5.41, 5.74) is 0.102. The normalized spacial score (nSPS) is 10.5. The first-order chi connectivity index (χ1) is 6.61. The van der Waals surface area contributed by atoms with Gasteiger partial charge in [-0.1, -0.05) is 6.08 Å². The van der Waals surface area contributed by atoms with Crippen LogP contribution in [-0.2, 0) is 4.79 Å². The van der Waals surface area contributed by atoms with Gasteiger partial charge in [0.05, 0.1) is 0 Å².